The van der Waals surface area contributed by atoms with Crippen LogP contribution in [0.5, 0.6) is 0 Å². The molecule has 2 heteroatoms. The van der Waals surface area contributed by atoms with Gasteiger partial charge in [-0.05, 0) is 6.42 Å². The first-order valence-corrected chi connectivity index (χ1v) is 4.32. The molecule has 0 N–H and O–H groups in total. The van der Waals surface area contributed by atoms with Crippen molar-refractivity contribution < 1.29 is 8.78 Å². The van der Waals surface area contributed by atoms with Gasteiger partial charge in [0.1, 0.15) is 0 Å². The van der Waals surface area contributed by atoms with Gasteiger partial charge in [0.2, 0.25) is 0 Å². The van der Waals surface area contributed by atoms with Gasteiger partial charge in [0.15, 0.2) is 0 Å². The Balaban J connectivity index is 2.41. The van der Waals surface area contributed by atoms with Crippen LogP contribution in [-0.2, 0) is 0 Å². The van der Waals surface area contributed by atoms with Crippen molar-refractivity contribution >= 4 is 0 Å². The lowest BCUT2D eigenvalue weighted by molar-refractivity contribution is 0.0656. The van der Waals surface area contributed by atoms with E-state index < -0.39 is 11.3 Å². The first-order chi connectivity index (χ1) is 4.94. The fourth-order valence-electron chi connectivity index (χ4n) is 1.71. The van der Waals surface area contributed by atoms with Crippen LogP contribution in [0.4, 0.5) is 8.78 Å². The molecule has 1 aliphatic rings. The maximum Gasteiger partial charge on any atom is 0.257 e. The van der Waals surface area contributed by atoms with Gasteiger partial charge in [-0.2, -0.15) is 0 Å². The summed E-state index contributed by atoms with van der Waals surface area (Å²) in [7, 11) is 0. The molecule has 1 aliphatic carbocycles. The SMILES string of the molecule is CCCCC1C(C)(C)C1(F)F. The van der Waals surface area contributed by atoms with E-state index in [1.807, 2.05) is 6.92 Å². The van der Waals surface area contributed by atoms with Gasteiger partial charge in [-0.25, -0.2) is 8.78 Å². The summed E-state index contributed by atoms with van der Waals surface area (Å²) in [6.07, 6.45) is 2.64. The van der Waals surface area contributed by atoms with Crippen LogP contribution in [0.2, 0.25) is 0 Å². The number of halogens is 2. The Hall–Kier alpha value is -0.140. The van der Waals surface area contributed by atoms with Crippen molar-refractivity contribution in [2.75, 3.05) is 0 Å². The predicted molar refractivity (Wildman–Crippen MR) is 41.7 cm³/mol. The van der Waals surface area contributed by atoms with Gasteiger partial charge >= 0.3 is 0 Å². The lowest BCUT2D eigenvalue weighted by atomic mass is 10.1. The van der Waals surface area contributed by atoms with Gasteiger partial charge in [0.25, 0.3) is 5.92 Å². The highest BCUT2D eigenvalue weighted by molar-refractivity contribution is 5.12. The van der Waals surface area contributed by atoms with Crippen LogP contribution < -0.4 is 0 Å². The molecule has 0 radical (unpaired) electrons. The van der Waals surface area contributed by atoms with E-state index in [2.05, 4.69) is 0 Å². The molecule has 11 heavy (non-hydrogen) atoms. The summed E-state index contributed by atoms with van der Waals surface area (Å²) in [5.74, 6) is -2.74. The molecule has 0 spiro atoms. The summed E-state index contributed by atoms with van der Waals surface area (Å²) in [6.45, 7) is 5.36. The van der Waals surface area contributed by atoms with E-state index in [1.165, 1.54) is 0 Å². The monoisotopic (exact) mass is 162 g/mol. The van der Waals surface area contributed by atoms with E-state index in [0.717, 1.165) is 12.8 Å². The molecule has 1 saturated carbocycles. The number of unbranched alkanes of at least 4 members (excludes halogenated alkanes) is 1. The number of alkyl halides is 2. The molecular formula is C9H16F2. The summed E-state index contributed by atoms with van der Waals surface area (Å²) in [6, 6.07) is 0. The summed E-state index contributed by atoms with van der Waals surface area (Å²) in [5.41, 5.74) is -0.720. The van der Waals surface area contributed by atoms with Crippen LogP contribution in [-0.4, -0.2) is 5.92 Å². The molecule has 66 valence electrons. The Morgan fingerprint density at radius 2 is 1.73 bits per heavy atom. The molecule has 0 heterocycles. The number of hydrogen-bond donors (Lipinski definition) is 0. The molecule has 1 fully saturated rings. The molecular weight excluding hydrogens is 146 g/mol. The van der Waals surface area contributed by atoms with Gasteiger partial charge in [0, 0.05) is 11.3 Å². The quantitative estimate of drug-likeness (QED) is 0.596. The molecule has 0 aromatic heterocycles. The van der Waals surface area contributed by atoms with Gasteiger partial charge in [-0.3, -0.25) is 0 Å². The van der Waals surface area contributed by atoms with Gasteiger partial charge in [0.05, 0.1) is 0 Å². The normalized spacial score (nSPS) is 31.9. The second kappa shape index (κ2) is 2.43. The first-order valence-electron chi connectivity index (χ1n) is 4.32. The molecule has 1 rings (SSSR count). The Labute approximate surface area is 67.0 Å². The van der Waals surface area contributed by atoms with Crippen LogP contribution in [0.25, 0.3) is 0 Å². The molecule has 1 unspecified atom stereocenters. The fraction of sp³-hybridized carbons (Fsp3) is 1.00. The van der Waals surface area contributed by atoms with E-state index in [9.17, 15) is 8.78 Å². The van der Waals surface area contributed by atoms with E-state index in [-0.39, 0.29) is 5.92 Å². The lowest BCUT2D eigenvalue weighted by Crippen LogP contribution is -1.99. The smallest absolute Gasteiger partial charge is 0.206 e. The van der Waals surface area contributed by atoms with Crippen LogP contribution >= 0.6 is 0 Å². The minimum atomic E-state index is -2.39. The van der Waals surface area contributed by atoms with Crippen molar-refractivity contribution in [2.45, 2.75) is 46.0 Å². The third-order valence-corrected chi connectivity index (χ3v) is 2.93. The van der Waals surface area contributed by atoms with E-state index >= 15 is 0 Å². The fourth-order valence-corrected chi connectivity index (χ4v) is 1.71. The van der Waals surface area contributed by atoms with Crippen molar-refractivity contribution in [2.24, 2.45) is 11.3 Å². The lowest BCUT2D eigenvalue weighted by Gasteiger charge is -1.97. The number of rotatable bonds is 3. The van der Waals surface area contributed by atoms with Crippen molar-refractivity contribution in [1.29, 1.82) is 0 Å². The third-order valence-electron chi connectivity index (χ3n) is 2.93. The molecule has 1 atom stereocenters. The molecule has 0 amide bonds. The third kappa shape index (κ3) is 1.17. The van der Waals surface area contributed by atoms with Crippen molar-refractivity contribution in [3.8, 4) is 0 Å². The maximum atomic E-state index is 12.9. The largest absolute Gasteiger partial charge is 0.257 e. The minimum absolute atomic E-state index is 0.352. The highest BCUT2D eigenvalue weighted by Crippen LogP contribution is 2.67. The standard InChI is InChI=1S/C9H16F2/c1-4-5-6-7-8(2,3)9(7,10)11/h7H,4-6H2,1-3H3. The molecule has 0 nitrogen and oxygen atoms in total. The zero-order chi connectivity index (χ0) is 8.70. The zero-order valence-electron chi connectivity index (χ0n) is 7.45. The van der Waals surface area contributed by atoms with Crippen LogP contribution in [0.3, 0.4) is 0 Å². The highest BCUT2D eigenvalue weighted by atomic mass is 19.3. The molecule has 0 aliphatic heterocycles. The average molecular weight is 162 g/mol. The van der Waals surface area contributed by atoms with E-state index in [0.29, 0.717) is 6.42 Å². The van der Waals surface area contributed by atoms with E-state index in [1.54, 1.807) is 13.8 Å². The molecule has 0 aromatic carbocycles. The summed E-state index contributed by atoms with van der Waals surface area (Å²) in [5, 5.41) is 0. The topological polar surface area (TPSA) is 0 Å². The molecule has 0 saturated heterocycles. The van der Waals surface area contributed by atoms with E-state index in [4.69, 9.17) is 0 Å². The number of hydrogen-bond acceptors (Lipinski definition) is 0. The Morgan fingerprint density at radius 1 is 1.27 bits per heavy atom. The second-order valence-electron chi connectivity index (χ2n) is 4.04. The van der Waals surface area contributed by atoms with Crippen LogP contribution in [0, 0.1) is 11.3 Å². The van der Waals surface area contributed by atoms with Crippen molar-refractivity contribution in [3.63, 3.8) is 0 Å². The molecule has 0 aromatic rings. The maximum absolute atomic E-state index is 12.9. The van der Waals surface area contributed by atoms with Crippen molar-refractivity contribution in [1.82, 2.24) is 0 Å². The average Bonchev–Trinajstić information content (AvgIpc) is 2.23. The second-order valence-corrected chi connectivity index (χ2v) is 4.04. The summed E-state index contributed by atoms with van der Waals surface area (Å²) < 4.78 is 25.8. The van der Waals surface area contributed by atoms with Crippen LogP contribution in [0.1, 0.15) is 40.0 Å². The predicted octanol–water partition coefficient (Wildman–Crippen LogP) is 3.47. The van der Waals surface area contributed by atoms with Gasteiger partial charge in [-0.1, -0.05) is 33.6 Å². The van der Waals surface area contributed by atoms with Gasteiger partial charge < -0.3 is 0 Å². The molecule has 0 bridgehead atoms. The van der Waals surface area contributed by atoms with Crippen molar-refractivity contribution in [3.05, 3.63) is 0 Å². The Bertz CT molecular complexity index is 136. The highest BCUT2D eigenvalue weighted by Gasteiger charge is 2.73. The summed E-state index contributed by atoms with van der Waals surface area (Å²) in [4.78, 5) is 0. The first kappa shape index (κ1) is 8.95. The van der Waals surface area contributed by atoms with Crippen LogP contribution in [0.15, 0.2) is 0 Å². The Morgan fingerprint density at radius 3 is 2.00 bits per heavy atom. The summed E-state index contributed by atoms with van der Waals surface area (Å²) >= 11 is 0. The Kier molecular flexibility index (Phi) is 1.97. The minimum Gasteiger partial charge on any atom is -0.206 e. The zero-order valence-corrected chi connectivity index (χ0v) is 7.45. The van der Waals surface area contributed by atoms with Gasteiger partial charge in [-0.15, -0.1) is 0 Å².